The van der Waals surface area contributed by atoms with Crippen LogP contribution in [0.25, 0.3) is 0 Å². The number of aromatic nitrogens is 2. The zero-order valence-electron chi connectivity index (χ0n) is 10.6. The topological polar surface area (TPSA) is 101 Å². The van der Waals surface area contributed by atoms with Crippen molar-refractivity contribution in [2.75, 3.05) is 5.32 Å². The second-order valence-electron chi connectivity index (χ2n) is 4.11. The van der Waals surface area contributed by atoms with Crippen molar-refractivity contribution in [3.8, 4) is 0 Å². The lowest BCUT2D eigenvalue weighted by molar-refractivity contribution is -0.116. The number of amides is 1. The number of carbonyl (C=O) groups is 2. The monoisotopic (exact) mass is 351 g/mol. The summed E-state index contributed by atoms with van der Waals surface area (Å²) in [4.78, 5) is 37.7. The van der Waals surface area contributed by atoms with Crippen LogP contribution in [0.5, 0.6) is 0 Å². The third kappa shape index (κ3) is 3.99. The number of hydrogen-bond donors (Lipinski definition) is 2. The molecule has 1 heterocycles. The van der Waals surface area contributed by atoms with Gasteiger partial charge in [0.05, 0.1) is 5.56 Å². The van der Waals surface area contributed by atoms with Crippen molar-refractivity contribution in [1.29, 1.82) is 0 Å². The molecule has 2 N–H and O–H groups in total. The number of halogens is 1. The summed E-state index contributed by atoms with van der Waals surface area (Å²) in [5.74, 6) is -1.56. The van der Waals surface area contributed by atoms with E-state index in [0.717, 1.165) is 4.57 Å². The molecular formula is C13H10BrN3O4. The van der Waals surface area contributed by atoms with E-state index < -0.39 is 17.6 Å². The van der Waals surface area contributed by atoms with Crippen LogP contribution in [0.2, 0.25) is 0 Å². The summed E-state index contributed by atoms with van der Waals surface area (Å²) in [6.45, 7) is -0.207. The van der Waals surface area contributed by atoms with Crippen LogP contribution in [0.1, 0.15) is 10.4 Å². The van der Waals surface area contributed by atoms with Crippen molar-refractivity contribution in [3.05, 3.63) is 57.2 Å². The number of benzene rings is 1. The van der Waals surface area contributed by atoms with Gasteiger partial charge in [0, 0.05) is 22.6 Å². The average molecular weight is 352 g/mol. The first-order valence-electron chi connectivity index (χ1n) is 5.81. The number of carboxylic acid groups (broad SMARTS) is 1. The maximum Gasteiger partial charge on any atom is 0.347 e. The summed E-state index contributed by atoms with van der Waals surface area (Å²) < 4.78 is 1.67. The van der Waals surface area contributed by atoms with Gasteiger partial charge in [-0.3, -0.25) is 9.36 Å². The van der Waals surface area contributed by atoms with Crippen molar-refractivity contribution < 1.29 is 14.7 Å². The molecule has 0 aliphatic carbocycles. The molecule has 2 rings (SSSR count). The van der Waals surface area contributed by atoms with Crippen molar-refractivity contribution in [1.82, 2.24) is 9.55 Å². The molecule has 0 radical (unpaired) electrons. The van der Waals surface area contributed by atoms with Gasteiger partial charge in [-0.2, -0.15) is 0 Å². The molecule has 21 heavy (non-hydrogen) atoms. The van der Waals surface area contributed by atoms with Crippen LogP contribution < -0.4 is 11.0 Å². The van der Waals surface area contributed by atoms with Crippen LogP contribution in [0.15, 0.2) is 45.9 Å². The summed E-state index contributed by atoms with van der Waals surface area (Å²) in [6, 6.07) is 5.85. The third-order valence-corrected chi connectivity index (χ3v) is 2.98. The summed E-state index contributed by atoms with van der Waals surface area (Å²) in [5.41, 5.74) is -0.171. The van der Waals surface area contributed by atoms with Gasteiger partial charge in [0.1, 0.15) is 6.54 Å². The number of carboxylic acids is 1. The van der Waals surface area contributed by atoms with Gasteiger partial charge in [-0.1, -0.05) is 15.9 Å². The Morgan fingerprint density at radius 2 is 2.10 bits per heavy atom. The third-order valence-electron chi connectivity index (χ3n) is 2.53. The Balaban J connectivity index is 2.15. The quantitative estimate of drug-likeness (QED) is 0.865. The van der Waals surface area contributed by atoms with Crippen LogP contribution in [0, 0.1) is 0 Å². The van der Waals surface area contributed by atoms with E-state index in [2.05, 4.69) is 26.2 Å². The van der Waals surface area contributed by atoms with Gasteiger partial charge < -0.3 is 10.4 Å². The molecule has 2 aromatic rings. The lowest BCUT2D eigenvalue weighted by Crippen LogP contribution is -2.28. The van der Waals surface area contributed by atoms with E-state index in [1.165, 1.54) is 30.6 Å². The number of aromatic carboxylic acids is 1. The fraction of sp³-hybridized carbons (Fsp3) is 0.0769. The Kier molecular flexibility index (Phi) is 4.49. The Labute approximate surface area is 127 Å². The van der Waals surface area contributed by atoms with Gasteiger partial charge in [-0.05, 0) is 24.3 Å². The largest absolute Gasteiger partial charge is 0.478 e. The fourth-order valence-corrected chi connectivity index (χ4v) is 2.14. The van der Waals surface area contributed by atoms with Gasteiger partial charge >= 0.3 is 11.7 Å². The van der Waals surface area contributed by atoms with Gasteiger partial charge in [0.2, 0.25) is 5.91 Å². The van der Waals surface area contributed by atoms with Crippen LogP contribution in [0.4, 0.5) is 5.69 Å². The molecule has 0 aliphatic rings. The van der Waals surface area contributed by atoms with E-state index in [9.17, 15) is 14.4 Å². The molecule has 0 atom stereocenters. The lowest BCUT2D eigenvalue weighted by atomic mass is 10.2. The van der Waals surface area contributed by atoms with Crippen molar-refractivity contribution in [3.63, 3.8) is 0 Å². The number of rotatable bonds is 4. The number of hydrogen-bond acceptors (Lipinski definition) is 4. The van der Waals surface area contributed by atoms with Gasteiger partial charge in [0.25, 0.3) is 0 Å². The summed E-state index contributed by atoms with van der Waals surface area (Å²) in [7, 11) is 0. The fourth-order valence-electron chi connectivity index (χ4n) is 1.65. The lowest BCUT2D eigenvalue weighted by Gasteiger charge is -2.08. The van der Waals surface area contributed by atoms with E-state index >= 15 is 0 Å². The first kappa shape index (κ1) is 14.9. The molecule has 0 saturated carbocycles. The van der Waals surface area contributed by atoms with Crippen molar-refractivity contribution >= 4 is 33.5 Å². The number of carbonyl (C=O) groups excluding carboxylic acids is 1. The zero-order valence-corrected chi connectivity index (χ0v) is 12.2. The summed E-state index contributed by atoms with van der Waals surface area (Å²) in [5, 5.41) is 11.5. The Hall–Kier alpha value is -2.48. The van der Waals surface area contributed by atoms with E-state index in [1.807, 2.05) is 0 Å². The van der Waals surface area contributed by atoms with E-state index in [4.69, 9.17) is 5.11 Å². The molecule has 8 heteroatoms. The molecule has 108 valence electrons. The first-order valence-corrected chi connectivity index (χ1v) is 6.60. The minimum atomic E-state index is -1.10. The maximum absolute atomic E-state index is 11.9. The smallest absolute Gasteiger partial charge is 0.347 e. The van der Waals surface area contributed by atoms with Crippen LogP contribution in [-0.2, 0) is 11.3 Å². The van der Waals surface area contributed by atoms with Crippen molar-refractivity contribution in [2.45, 2.75) is 6.54 Å². The minimum absolute atomic E-state index is 0.0400. The summed E-state index contributed by atoms with van der Waals surface area (Å²) >= 11 is 3.17. The minimum Gasteiger partial charge on any atom is -0.478 e. The van der Waals surface area contributed by atoms with E-state index in [-0.39, 0.29) is 12.1 Å². The Morgan fingerprint density at radius 3 is 2.76 bits per heavy atom. The average Bonchev–Trinajstić information content (AvgIpc) is 2.40. The number of nitrogens with zero attached hydrogens (tertiary/aromatic N) is 2. The zero-order chi connectivity index (χ0) is 15.4. The molecule has 0 spiro atoms. The Bertz CT molecular complexity index is 757. The predicted molar refractivity (Wildman–Crippen MR) is 78.2 cm³/mol. The van der Waals surface area contributed by atoms with Gasteiger partial charge in [-0.15, -0.1) is 0 Å². The molecule has 0 fully saturated rings. The standard InChI is InChI=1S/C13H10BrN3O4/c14-9-4-8(12(19)20)5-10(6-9)16-11(18)7-17-3-1-2-15-13(17)21/h1-6H,7H2,(H,16,18)(H,19,20). The molecule has 1 aromatic carbocycles. The van der Waals surface area contributed by atoms with Gasteiger partial charge in [0.15, 0.2) is 0 Å². The maximum atomic E-state index is 11.9. The summed E-state index contributed by atoms with van der Waals surface area (Å²) in [6.07, 6.45) is 2.78. The highest BCUT2D eigenvalue weighted by Crippen LogP contribution is 2.19. The van der Waals surface area contributed by atoms with E-state index in [0.29, 0.717) is 10.2 Å². The molecule has 1 aromatic heterocycles. The van der Waals surface area contributed by atoms with Gasteiger partial charge in [-0.25, -0.2) is 14.6 Å². The van der Waals surface area contributed by atoms with Crippen molar-refractivity contribution in [2.24, 2.45) is 0 Å². The molecule has 0 unspecified atom stereocenters. The molecule has 0 saturated heterocycles. The predicted octanol–water partition coefficient (Wildman–Crippen LogP) is 1.34. The Morgan fingerprint density at radius 1 is 1.33 bits per heavy atom. The SMILES string of the molecule is O=C(Cn1cccnc1=O)Nc1cc(Br)cc(C(=O)O)c1. The second kappa shape index (κ2) is 6.31. The highest BCUT2D eigenvalue weighted by molar-refractivity contribution is 9.10. The van der Waals surface area contributed by atoms with Crippen LogP contribution >= 0.6 is 15.9 Å². The number of nitrogens with one attached hydrogen (secondary N) is 1. The van der Waals surface area contributed by atoms with Crippen LogP contribution in [-0.4, -0.2) is 26.5 Å². The highest BCUT2D eigenvalue weighted by atomic mass is 79.9. The molecule has 7 nitrogen and oxygen atoms in total. The first-order chi connectivity index (χ1) is 9.95. The molecule has 0 aliphatic heterocycles. The number of anilines is 1. The normalized spacial score (nSPS) is 10.1. The second-order valence-corrected chi connectivity index (χ2v) is 5.03. The molecule has 0 bridgehead atoms. The van der Waals surface area contributed by atoms with E-state index in [1.54, 1.807) is 6.07 Å². The van der Waals surface area contributed by atoms with Crippen LogP contribution in [0.3, 0.4) is 0 Å². The highest BCUT2D eigenvalue weighted by Gasteiger charge is 2.09. The molecular weight excluding hydrogens is 342 g/mol. The molecule has 1 amide bonds.